The number of rotatable bonds is 0. The Morgan fingerprint density at radius 2 is 1.38 bits per heavy atom. The Morgan fingerprint density at radius 3 is 2.00 bits per heavy atom. The van der Waals surface area contributed by atoms with Crippen LogP contribution in [0.5, 0.6) is 0 Å². The van der Waals surface area contributed by atoms with Crippen molar-refractivity contribution in [3.05, 3.63) is 12.8 Å². The SMILES string of the molecule is [CH]1C[CH]CCCCC1. The first kappa shape index (κ1) is 6.12. The molecule has 1 fully saturated rings. The van der Waals surface area contributed by atoms with Crippen LogP contribution in [0.25, 0.3) is 0 Å². The van der Waals surface area contributed by atoms with Crippen molar-refractivity contribution in [3.8, 4) is 0 Å². The molecule has 0 aromatic heterocycles. The lowest BCUT2D eigenvalue weighted by molar-refractivity contribution is 0.627. The van der Waals surface area contributed by atoms with Gasteiger partial charge in [0.1, 0.15) is 0 Å². The molecule has 0 amide bonds. The van der Waals surface area contributed by atoms with Gasteiger partial charge in [0.2, 0.25) is 0 Å². The van der Waals surface area contributed by atoms with Crippen LogP contribution >= 0.6 is 0 Å². The van der Waals surface area contributed by atoms with E-state index in [1.54, 1.807) is 0 Å². The molecule has 0 aromatic carbocycles. The summed E-state index contributed by atoms with van der Waals surface area (Å²) in [6.07, 6.45) is 13.0. The molecule has 1 aliphatic rings. The minimum atomic E-state index is 1.25. The van der Waals surface area contributed by atoms with Crippen LogP contribution in [0, 0.1) is 12.8 Å². The van der Waals surface area contributed by atoms with E-state index in [1.165, 1.54) is 38.5 Å². The normalized spacial score (nSPS) is 24.0. The van der Waals surface area contributed by atoms with Crippen molar-refractivity contribution in [1.82, 2.24) is 0 Å². The summed E-state index contributed by atoms with van der Waals surface area (Å²) < 4.78 is 0. The van der Waals surface area contributed by atoms with Crippen LogP contribution in [0.2, 0.25) is 0 Å². The van der Waals surface area contributed by atoms with Crippen molar-refractivity contribution in [3.63, 3.8) is 0 Å². The molecule has 0 heterocycles. The van der Waals surface area contributed by atoms with E-state index in [0.717, 1.165) is 0 Å². The average Bonchev–Trinajstić information content (AvgIpc) is 1.62. The molecule has 1 saturated carbocycles. The topological polar surface area (TPSA) is 0 Å². The number of hydrogen-bond donors (Lipinski definition) is 0. The standard InChI is InChI=1S/C8H14/c1-2-4-6-8-7-5-3-1/h1,4H,2-3,5-8H2. The third kappa shape index (κ3) is 2.34. The van der Waals surface area contributed by atoms with Gasteiger partial charge in [-0.15, -0.1) is 0 Å². The lowest BCUT2D eigenvalue weighted by atomic mass is 10.0. The van der Waals surface area contributed by atoms with E-state index in [1.807, 2.05) is 0 Å². The molecule has 0 saturated heterocycles. The van der Waals surface area contributed by atoms with Gasteiger partial charge in [0, 0.05) is 0 Å². The first-order valence-electron chi connectivity index (χ1n) is 3.63. The highest BCUT2D eigenvalue weighted by molar-refractivity contribution is 4.78. The first-order valence-corrected chi connectivity index (χ1v) is 3.63. The summed E-state index contributed by atoms with van der Waals surface area (Å²) in [7, 11) is 0. The minimum absolute atomic E-state index is 1.25. The second-order valence-corrected chi connectivity index (χ2v) is 2.45. The highest BCUT2D eigenvalue weighted by atomic mass is 14.0. The molecule has 46 valence electrons. The summed E-state index contributed by atoms with van der Waals surface area (Å²) in [5.41, 5.74) is 0. The third-order valence-corrected chi connectivity index (χ3v) is 1.65. The largest absolute Gasteiger partial charge is 0.0533 e. The second-order valence-electron chi connectivity index (χ2n) is 2.45. The molecule has 0 bridgehead atoms. The molecule has 1 aliphatic carbocycles. The van der Waals surface area contributed by atoms with E-state index in [2.05, 4.69) is 12.8 Å². The maximum atomic E-state index is 2.39. The quantitative estimate of drug-likeness (QED) is 0.450. The van der Waals surface area contributed by atoms with Crippen molar-refractivity contribution >= 4 is 0 Å². The van der Waals surface area contributed by atoms with E-state index < -0.39 is 0 Å². The Morgan fingerprint density at radius 1 is 0.750 bits per heavy atom. The Hall–Kier alpha value is 0. The van der Waals surface area contributed by atoms with Crippen LogP contribution in [0.3, 0.4) is 0 Å². The predicted octanol–water partition coefficient (Wildman–Crippen LogP) is 2.75. The van der Waals surface area contributed by atoms with Gasteiger partial charge in [0.25, 0.3) is 0 Å². The zero-order chi connectivity index (χ0) is 5.66. The highest BCUT2D eigenvalue weighted by Crippen LogP contribution is 2.13. The summed E-state index contributed by atoms with van der Waals surface area (Å²) in [6, 6.07) is 0. The molecule has 0 aliphatic heterocycles. The molecule has 8 heavy (non-hydrogen) atoms. The lowest BCUT2D eigenvalue weighted by Crippen LogP contribution is -1.87. The van der Waals surface area contributed by atoms with E-state index in [0.29, 0.717) is 0 Å². The van der Waals surface area contributed by atoms with Gasteiger partial charge in [-0.25, -0.2) is 0 Å². The fourth-order valence-corrected chi connectivity index (χ4v) is 1.11. The van der Waals surface area contributed by atoms with Crippen LogP contribution < -0.4 is 0 Å². The van der Waals surface area contributed by atoms with Gasteiger partial charge in [0.05, 0.1) is 0 Å². The smallest absolute Gasteiger partial charge is 0.0383 e. The van der Waals surface area contributed by atoms with E-state index in [9.17, 15) is 0 Å². The lowest BCUT2D eigenvalue weighted by Gasteiger charge is -2.05. The van der Waals surface area contributed by atoms with Crippen molar-refractivity contribution in [2.24, 2.45) is 0 Å². The molecule has 2 radical (unpaired) electrons. The minimum Gasteiger partial charge on any atom is -0.0533 e. The summed E-state index contributed by atoms with van der Waals surface area (Å²) in [4.78, 5) is 0. The zero-order valence-electron chi connectivity index (χ0n) is 5.40. The van der Waals surface area contributed by atoms with Gasteiger partial charge in [-0.05, 0) is 19.3 Å². The third-order valence-electron chi connectivity index (χ3n) is 1.65. The van der Waals surface area contributed by atoms with Crippen LogP contribution in [0.15, 0.2) is 0 Å². The van der Waals surface area contributed by atoms with E-state index >= 15 is 0 Å². The van der Waals surface area contributed by atoms with Crippen LogP contribution in [0.1, 0.15) is 38.5 Å². The first-order chi connectivity index (χ1) is 4.00. The van der Waals surface area contributed by atoms with Gasteiger partial charge in [-0.2, -0.15) is 0 Å². The second kappa shape index (κ2) is 3.94. The fourth-order valence-electron chi connectivity index (χ4n) is 1.11. The predicted molar refractivity (Wildman–Crippen MR) is 36.3 cm³/mol. The van der Waals surface area contributed by atoms with Crippen LogP contribution in [0.4, 0.5) is 0 Å². The van der Waals surface area contributed by atoms with Crippen molar-refractivity contribution in [2.45, 2.75) is 38.5 Å². The molecule has 0 atom stereocenters. The average molecular weight is 110 g/mol. The molecule has 1 rings (SSSR count). The van der Waals surface area contributed by atoms with Gasteiger partial charge < -0.3 is 0 Å². The van der Waals surface area contributed by atoms with Crippen LogP contribution in [-0.2, 0) is 0 Å². The Bertz CT molecular complexity index is 24.0. The summed E-state index contributed by atoms with van der Waals surface area (Å²) in [5.74, 6) is 0. The highest BCUT2D eigenvalue weighted by Gasteiger charge is 1.96. The van der Waals surface area contributed by atoms with Gasteiger partial charge >= 0.3 is 0 Å². The monoisotopic (exact) mass is 110 g/mol. The molecule has 0 aromatic rings. The summed E-state index contributed by atoms with van der Waals surface area (Å²) >= 11 is 0. The maximum Gasteiger partial charge on any atom is -0.0383 e. The number of hydrogen-bond acceptors (Lipinski definition) is 0. The molecule has 0 heteroatoms. The Balaban J connectivity index is 2.00. The Labute approximate surface area is 52.3 Å². The Kier molecular flexibility index (Phi) is 3.01. The van der Waals surface area contributed by atoms with Gasteiger partial charge in [-0.1, -0.05) is 32.1 Å². The van der Waals surface area contributed by atoms with Crippen molar-refractivity contribution < 1.29 is 0 Å². The fraction of sp³-hybridized carbons (Fsp3) is 0.750. The molecule has 0 unspecified atom stereocenters. The van der Waals surface area contributed by atoms with Crippen LogP contribution in [-0.4, -0.2) is 0 Å². The molecular weight excluding hydrogens is 96.1 g/mol. The summed E-state index contributed by atoms with van der Waals surface area (Å²) in [5, 5.41) is 0. The molecular formula is C8H14. The zero-order valence-corrected chi connectivity index (χ0v) is 5.40. The molecule has 0 spiro atoms. The van der Waals surface area contributed by atoms with Crippen molar-refractivity contribution in [2.75, 3.05) is 0 Å². The molecule has 0 nitrogen and oxygen atoms in total. The van der Waals surface area contributed by atoms with Gasteiger partial charge in [0.15, 0.2) is 0 Å². The van der Waals surface area contributed by atoms with Gasteiger partial charge in [-0.3, -0.25) is 0 Å². The maximum absolute atomic E-state index is 2.39. The molecule has 0 N–H and O–H groups in total. The summed E-state index contributed by atoms with van der Waals surface area (Å²) in [6.45, 7) is 0. The van der Waals surface area contributed by atoms with Crippen molar-refractivity contribution in [1.29, 1.82) is 0 Å². The van der Waals surface area contributed by atoms with E-state index in [4.69, 9.17) is 0 Å². The van der Waals surface area contributed by atoms with E-state index in [-0.39, 0.29) is 0 Å².